The summed E-state index contributed by atoms with van der Waals surface area (Å²) < 4.78 is 0. The molecule has 0 N–H and O–H groups in total. The molecule has 2 spiro atoms. The van der Waals surface area contributed by atoms with E-state index in [-0.39, 0.29) is 0 Å². The van der Waals surface area contributed by atoms with Crippen LogP contribution >= 0.6 is 0 Å². The first-order valence-electron chi connectivity index (χ1n) is 25.8. The van der Waals surface area contributed by atoms with Crippen molar-refractivity contribution in [1.82, 2.24) is 0 Å². The van der Waals surface area contributed by atoms with E-state index in [0.29, 0.717) is 0 Å². The molecule has 0 amide bonds. The summed E-state index contributed by atoms with van der Waals surface area (Å²) in [7, 11) is 0. The Labute approximate surface area is 431 Å². The van der Waals surface area contributed by atoms with Crippen molar-refractivity contribution in [1.29, 1.82) is 0 Å². The first-order valence-corrected chi connectivity index (χ1v) is 25.8. The second-order valence-electron chi connectivity index (χ2n) is 20.3. The smallest absolute Gasteiger partial charge is 0.0755 e. The van der Waals surface area contributed by atoms with Crippen LogP contribution in [0.4, 0.5) is 34.1 Å². The van der Waals surface area contributed by atoms with Crippen LogP contribution in [0.15, 0.2) is 279 Å². The van der Waals surface area contributed by atoms with Gasteiger partial charge in [0.1, 0.15) is 0 Å². The molecule has 0 fully saturated rings. The van der Waals surface area contributed by atoms with Crippen molar-refractivity contribution >= 4 is 44.9 Å². The van der Waals surface area contributed by atoms with Crippen LogP contribution in [0.3, 0.4) is 0 Å². The maximum atomic E-state index is 2.53. The molecule has 74 heavy (non-hydrogen) atoms. The third-order valence-electron chi connectivity index (χ3n) is 16.9. The van der Waals surface area contributed by atoms with E-state index in [4.69, 9.17) is 0 Å². The minimum atomic E-state index is -0.606. The highest BCUT2D eigenvalue weighted by atomic mass is 15.2. The fourth-order valence-electron chi connectivity index (χ4n) is 14.0. The number of rotatable bonds is 5. The lowest BCUT2D eigenvalue weighted by atomic mass is 9.64. The van der Waals surface area contributed by atoms with Crippen molar-refractivity contribution in [3.63, 3.8) is 0 Å². The standard InChI is InChI=1S/C72H46N2/c1-2-21-49(22-3-1)74-69-35-16-14-33-65(69)72(66-34-15-17-36-70(66)74)64-32-13-9-27-58(64)60-44-42-52(46-68(60)72)73(50-39-37-48(38-40-50)54-28-18-20-47-19-4-5-23-53(47)54)51-41-43-59-57-26-8-12-31-63(57)71(67(59)45-51)61-29-10-6-24-55(61)56-25-7-11-30-62(56)71/h1-46H. The quantitative estimate of drug-likeness (QED) is 0.170. The SMILES string of the molecule is c1ccc(N2c3ccccc3C3(c4ccccc4-c4ccc(N(c5ccc(-c6cccc7ccccc67)cc5)c5ccc6c(c5)C5(c7ccccc7-c7ccccc75)c5ccccc5-6)cc43)c3ccccc32)cc1. The molecule has 4 aliphatic rings. The van der Waals surface area contributed by atoms with Gasteiger partial charge < -0.3 is 9.80 Å². The Morgan fingerprint density at radius 2 is 0.635 bits per heavy atom. The van der Waals surface area contributed by atoms with Gasteiger partial charge in [-0.25, -0.2) is 0 Å². The minimum absolute atomic E-state index is 0.483. The minimum Gasteiger partial charge on any atom is -0.310 e. The molecule has 3 aliphatic carbocycles. The summed E-state index contributed by atoms with van der Waals surface area (Å²) in [5.41, 5.74) is 26.3. The predicted molar refractivity (Wildman–Crippen MR) is 306 cm³/mol. The monoisotopic (exact) mass is 938 g/mol. The molecule has 0 bridgehead atoms. The molecule has 12 aromatic rings. The fraction of sp³-hybridized carbons (Fsp3) is 0.0278. The number of anilines is 6. The average molecular weight is 939 g/mol. The molecule has 2 heteroatoms. The van der Waals surface area contributed by atoms with Crippen LogP contribution in [0, 0.1) is 0 Å². The van der Waals surface area contributed by atoms with E-state index >= 15 is 0 Å². The van der Waals surface area contributed by atoms with Crippen molar-refractivity contribution in [3.05, 3.63) is 324 Å². The molecular weight excluding hydrogens is 893 g/mol. The Balaban J connectivity index is 0.956. The van der Waals surface area contributed by atoms with Gasteiger partial charge in [-0.15, -0.1) is 0 Å². The molecular formula is C72H46N2. The molecule has 16 rings (SSSR count). The topological polar surface area (TPSA) is 6.48 Å². The number of hydrogen-bond acceptors (Lipinski definition) is 2. The second-order valence-corrected chi connectivity index (χ2v) is 20.3. The highest BCUT2D eigenvalue weighted by Crippen LogP contribution is 2.66. The van der Waals surface area contributed by atoms with E-state index in [1.165, 1.54) is 111 Å². The zero-order chi connectivity index (χ0) is 48.5. The Morgan fingerprint density at radius 1 is 0.257 bits per heavy atom. The lowest BCUT2D eigenvalue weighted by Gasteiger charge is -2.45. The van der Waals surface area contributed by atoms with Gasteiger partial charge in [0.05, 0.1) is 22.2 Å². The molecule has 1 aliphatic heterocycles. The van der Waals surface area contributed by atoms with E-state index in [9.17, 15) is 0 Å². The highest BCUT2D eigenvalue weighted by molar-refractivity contribution is 6.00. The molecule has 0 aromatic heterocycles. The van der Waals surface area contributed by atoms with Gasteiger partial charge >= 0.3 is 0 Å². The van der Waals surface area contributed by atoms with E-state index in [1.54, 1.807) is 0 Å². The summed E-state index contributed by atoms with van der Waals surface area (Å²) in [6, 6.07) is 105. The van der Waals surface area contributed by atoms with Gasteiger partial charge in [-0.3, -0.25) is 0 Å². The van der Waals surface area contributed by atoms with Crippen LogP contribution < -0.4 is 9.80 Å². The third kappa shape index (κ3) is 5.39. The van der Waals surface area contributed by atoms with E-state index in [1.807, 2.05) is 0 Å². The van der Waals surface area contributed by atoms with Crippen LogP contribution in [-0.4, -0.2) is 0 Å². The molecule has 2 nitrogen and oxygen atoms in total. The van der Waals surface area contributed by atoms with Crippen molar-refractivity contribution < 1.29 is 0 Å². The molecule has 0 radical (unpaired) electrons. The van der Waals surface area contributed by atoms with Crippen molar-refractivity contribution in [2.24, 2.45) is 0 Å². The summed E-state index contributed by atoms with van der Waals surface area (Å²) in [4.78, 5) is 4.98. The van der Waals surface area contributed by atoms with Gasteiger partial charge in [-0.2, -0.15) is 0 Å². The predicted octanol–water partition coefficient (Wildman–Crippen LogP) is 18.5. The van der Waals surface area contributed by atoms with Gasteiger partial charge in [0.2, 0.25) is 0 Å². The van der Waals surface area contributed by atoms with Gasteiger partial charge in [0.25, 0.3) is 0 Å². The number of nitrogens with zero attached hydrogens (tertiary/aromatic N) is 2. The normalized spacial score (nSPS) is 14.1. The Morgan fingerprint density at radius 3 is 1.16 bits per heavy atom. The van der Waals surface area contributed by atoms with E-state index in [2.05, 4.69) is 289 Å². The summed E-state index contributed by atoms with van der Waals surface area (Å²) >= 11 is 0. The number of hydrogen-bond donors (Lipinski definition) is 0. The molecule has 12 aromatic carbocycles. The maximum absolute atomic E-state index is 2.53. The number of fused-ring (bicyclic) bond motifs is 20. The first kappa shape index (κ1) is 41.2. The zero-order valence-corrected chi connectivity index (χ0v) is 40.5. The largest absolute Gasteiger partial charge is 0.310 e. The molecule has 0 saturated carbocycles. The number of benzene rings is 12. The molecule has 1 heterocycles. The molecule has 344 valence electrons. The Kier molecular flexibility index (Phi) is 8.62. The van der Waals surface area contributed by atoms with Crippen LogP contribution in [0.5, 0.6) is 0 Å². The van der Waals surface area contributed by atoms with Gasteiger partial charge in [-0.1, -0.05) is 218 Å². The Hall–Kier alpha value is -9.50. The zero-order valence-electron chi connectivity index (χ0n) is 40.5. The number of para-hydroxylation sites is 3. The lowest BCUT2D eigenvalue weighted by molar-refractivity contribution is 0.752. The summed E-state index contributed by atoms with van der Waals surface area (Å²) in [5.74, 6) is 0. The van der Waals surface area contributed by atoms with Crippen molar-refractivity contribution in [3.8, 4) is 44.5 Å². The fourth-order valence-corrected chi connectivity index (χ4v) is 14.0. The highest BCUT2D eigenvalue weighted by Gasteiger charge is 2.53. The lowest BCUT2D eigenvalue weighted by Crippen LogP contribution is -2.36. The van der Waals surface area contributed by atoms with Gasteiger partial charge in [0, 0.05) is 22.7 Å². The van der Waals surface area contributed by atoms with Crippen LogP contribution in [0.2, 0.25) is 0 Å². The summed E-state index contributed by atoms with van der Waals surface area (Å²) in [6.07, 6.45) is 0. The van der Waals surface area contributed by atoms with Crippen LogP contribution in [-0.2, 0) is 10.8 Å². The summed E-state index contributed by atoms with van der Waals surface area (Å²) in [6.45, 7) is 0. The van der Waals surface area contributed by atoms with Gasteiger partial charge in [-0.05, 0) is 160 Å². The molecule has 0 unspecified atom stereocenters. The second kappa shape index (κ2) is 15.5. The maximum Gasteiger partial charge on any atom is 0.0755 e. The van der Waals surface area contributed by atoms with E-state index < -0.39 is 10.8 Å². The van der Waals surface area contributed by atoms with Gasteiger partial charge in [0.15, 0.2) is 0 Å². The third-order valence-corrected chi connectivity index (χ3v) is 16.9. The first-order chi connectivity index (χ1) is 36.7. The van der Waals surface area contributed by atoms with Crippen LogP contribution in [0.25, 0.3) is 55.3 Å². The Bertz CT molecular complexity index is 4160. The van der Waals surface area contributed by atoms with Crippen molar-refractivity contribution in [2.75, 3.05) is 9.80 Å². The van der Waals surface area contributed by atoms with Crippen molar-refractivity contribution in [2.45, 2.75) is 10.8 Å². The van der Waals surface area contributed by atoms with Crippen LogP contribution in [0.1, 0.15) is 44.5 Å². The molecule has 0 atom stereocenters. The molecule has 0 saturated heterocycles. The average Bonchev–Trinajstić information content (AvgIpc) is 4.09. The van der Waals surface area contributed by atoms with E-state index in [0.717, 1.165) is 22.7 Å². The summed E-state index contributed by atoms with van der Waals surface area (Å²) in [5, 5.41) is 2.49.